The lowest BCUT2D eigenvalue weighted by atomic mass is 9.93. The Morgan fingerprint density at radius 2 is 2.08 bits per heavy atom. The minimum atomic E-state index is -0.177. The minimum Gasteiger partial charge on any atom is -0.495 e. The number of hydrogen-bond acceptors (Lipinski definition) is 2. The Bertz CT molecular complexity index is 559. The second-order valence-electron chi connectivity index (χ2n) is 6.08. The third-order valence-corrected chi connectivity index (χ3v) is 3.96. The average Bonchev–Trinajstić information content (AvgIpc) is 2.59. The first-order chi connectivity index (χ1) is 12.1. The molecule has 0 aromatic heterocycles. The number of nitrogens with one attached hydrogen (secondary N) is 2. The summed E-state index contributed by atoms with van der Waals surface area (Å²) >= 11 is 0. The molecule has 4 heteroatoms. The van der Waals surface area contributed by atoms with Crippen LogP contribution in [0.2, 0.25) is 0 Å². The molecule has 25 heavy (non-hydrogen) atoms. The fraction of sp³-hybridized carbons (Fsp3) is 0.476. The predicted molar refractivity (Wildman–Crippen MR) is 104 cm³/mol. The Labute approximate surface area is 152 Å². The van der Waals surface area contributed by atoms with E-state index in [9.17, 15) is 4.79 Å². The lowest BCUT2D eigenvalue weighted by Crippen LogP contribution is -2.43. The van der Waals surface area contributed by atoms with Crippen molar-refractivity contribution < 1.29 is 9.53 Å². The average molecular weight is 342 g/mol. The molecule has 0 unspecified atom stereocenters. The molecule has 1 aliphatic rings. The monoisotopic (exact) mass is 342 g/mol. The van der Waals surface area contributed by atoms with Crippen molar-refractivity contribution in [2.24, 2.45) is 0 Å². The van der Waals surface area contributed by atoms with E-state index in [4.69, 9.17) is 11.2 Å². The highest BCUT2D eigenvalue weighted by Crippen LogP contribution is 2.23. The van der Waals surface area contributed by atoms with E-state index in [1.165, 1.54) is 0 Å². The highest BCUT2D eigenvalue weighted by Gasteiger charge is 2.23. The first-order valence-electron chi connectivity index (χ1n) is 8.92. The maximum absolute atomic E-state index is 12.1. The fourth-order valence-electron chi connectivity index (χ4n) is 2.70. The second-order valence-corrected chi connectivity index (χ2v) is 6.08. The minimum absolute atomic E-state index is 0.176. The molecule has 1 fully saturated rings. The van der Waals surface area contributed by atoms with Gasteiger partial charge in [-0.3, -0.25) is 0 Å². The summed E-state index contributed by atoms with van der Waals surface area (Å²) in [6.07, 6.45) is 19.9. The number of carbonyl (C=O) groups excluding carboxylic acids is 1. The van der Waals surface area contributed by atoms with Gasteiger partial charge in [-0.05, 0) is 57.3 Å². The van der Waals surface area contributed by atoms with Crippen molar-refractivity contribution in [3.05, 3.63) is 48.4 Å². The second kappa shape index (κ2) is 12.0. The zero-order valence-electron chi connectivity index (χ0n) is 15.4. The highest BCUT2D eigenvalue weighted by atomic mass is 16.5. The SMILES string of the molecule is C#CC/C=C(\C)OC1CCC(NC(=O)NC(/C=C\CC)=C/C=C)CC1. The summed E-state index contributed by atoms with van der Waals surface area (Å²) in [4.78, 5) is 12.1. The summed E-state index contributed by atoms with van der Waals surface area (Å²) in [6.45, 7) is 7.66. The van der Waals surface area contributed by atoms with E-state index < -0.39 is 0 Å². The molecule has 136 valence electrons. The van der Waals surface area contributed by atoms with Gasteiger partial charge in [0.2, 0.25) is 0 Å². The maximum atomic E-state index is 12.1. The molecule has 0 atom stereocenters. The molecule has 0 aliphatic heterocycles. The van der Waals surface area contributed by atoms with E-state index in [0.717, 1.165) is 43.6 Å². The molecule has 0 aromatic carbocycles. The van der Waals surface area contributed by atoms with Crippen molar-refractivity contribution in [1.82, 2.24) is 10.6 Å². The third-order valence-electron chi connectivity index (χ3n) is 3.96. The van der Waals surface area contributed by atoms with E-state index in [0.29, 0.717) is 6.42 Å². The Morgan fingerprint density at radius 1 is 1.36 bits per heavy atom. The van der Waals surface area contributed by atoms with Gasteiger partial charge in [0.1, 0.15) is 0 Å². The number of terminal acetylenes is 1. The number of amides is 2. The number of hydrogen-bond donors (Lipinski definition) is 2. The first kappa shape index (κ1) is 20.6. The van der Waals surface area contributed by atoms with Crippen LogP contribution in [0.3, 0.4) is 0 Å². The van der Waals surface area contributed by atoms with Gasteiger partial charge in [-0.25, -0.2) is 4.79 Å². The third kappa shape index (κ3) is 8.85. The summed E-state index contributed by atoms with van der Waals surface area (Å²) < 4.78 is 5.90. The van der Waals surface area contributed by atoms with Crippen LogP contribution in [0, 0.1) is 12.3 Å². The molecule has 0 heterocycles. The first-order valence-corrected chi connectivity index (χ1v) is 8.92. The van der Waals surface area contributed by atoms with Gasteiger partial charge < -0.3 is 15.4 Å². The van der Waals surface area contributed by atoms with E-state index in [1.54, 1.807) is 12.2 Å². The molecule has 0 bridgehead atoms. The molecule has 2 N–H and O–H groups in total. The van der Waals surface area contributed by atoms with E-state index >= 15 is 0 Å². The van der Waals surface area contributed by atoms with Gasteiger partial charge in [-0.1, -0.05) is 25.7 Å². The molecule has 0 radical (unpaired) electrons. The Morgan fingerprint density at radius 3 is 2.68 bits per heavy atom. The van der Waals surface area contributed by atoms with Crippen LogP contribution >= 0.6 is 0 Å². The summed E-state index contributed by atoms with van der Waals surface area (Å²) in [6, 6.07) is -0.00158. The standard InChI is InChI=1S/C21H30N2O2/c1-5-8-11-17(4)25-20-15-13-19(14-16-20)23-21(24)22-18(10-7-3)12-9-6-2/h1,7,9-12,19-20H,3,6,8,13-16H2,2,4H3,(H2,22,23,24)/b12-9-,17-11+,18-10+. The van der Waals surface area contributed by atoms with Gasteiger partial charge in [0.25, 0.3) is 0 Å². The fourth-order valence-corrected chi connectivity index (χ4v) is 2.70. The number of ether oxygens (including phenoxy) is 1. The zero-order valence-corrected chi connectivity index (χ0v) is 15.4. The zero-order chi connectivity index (χ0) is 18.5. The number of rotatable bonds is 8. The van der Waals surface area contributed by atoms with Gasteiger partial charge in [0.05, 0.1) is 11.9 Å². The molecule has 4 nitrogen and oxygen atoms in total. The van der Waals surface area contributed by atoms with Gasteiger partial charge in [-0.15, -0.1) is 12.3 Å². The normalized spacial score (nSPS) is 21.5. The lowest BCUT2D eigenvalue weighted by molar-refractivity contribution is 0.0751. The van der Waals surface area contributed by atoms with Gasteiger partial charge in [0, 0.05) is 18.2 Å². The summed E-state index contributed by atoms with van der Waals surface area (Å²) in [7, 11) is 0. The molecule has 1 aliphatic carbocycles. The van der Waals surface area contributed by atoms with Crippen molar-refractivity contribution in [1.29, 1.82) is 0 Å². The van der Waals surface area contributed by atoms with Gasteiger partial charge in [-0.2, -0.15) is 0 Å². The largest absolute Gasteiger partial charge is 0.495 e. The van der Waals surface area contributed by atoms with Crippen molar-refractivity contribution in [3.63, 3.8) is 0 Å². The quantitative estimate of drug-likeness (QED) is 0.385. The van der Waals surface area contributed by atoms with Gasteiger partial charge >= 0.3 is 6.03 Å². The van der Waals surface area contributed by atoms with Crippen molar-refractivity contribution >= 4 is 6.03 Å². The van der Waals surface area contributed by atoms with Crippen molar-refractivity contribution in [2.75, 3.05) is 0 Å². The molecule has 0 saturated heterocycles. The lowest BCUT2D eigenvalue weighted by Gasteiger charge is -2.29. The predicted octanol–water partition coefficient (Wildman–Crippen LogP) is 4.58. The Kier molecular flexibility index (Phi) is 9.92. The molecule has 2 amide bonds. The molecular formula is C21H30N2O2. The van der Waals surface area contributed by atoms with Crippen LogP contribution < -0.4 is 10.6 Å². The molecule has 0 spiro atoms. The number of carbonyl (C=O) groups is 1. The maximum Gasteiger partial charge on any atom is 0.319 e. The molecule has 1 saturated carbocycles. The van der Waals surface area contributed by atoms with Crippen LogP contribution in [0.5, 0.6) is 0 Å². The molecule has 0 aromatic rings. The topological polar surface area (TPSA) is 50.4 Å². The van der Waals surface area contributed by atoms with E-state index in [2.05, 4.69) is 23.1 Å². The summed E-state index contributed by atoms with van der Waals surface area (Å²) in [5.41, 5.74) is 0.737. The van der Waals surface area contributed by atoms with E-state index in [-0.39, 0.29) is 18.2 Å². The van der Waals surface area contributed by atoms with Gasteiger partial charge in [0.15, 0.2) is 0 Å². The van der Waals surface area contributed by atoms with Crippen LogP contribution in [0.4, 0.5) is 4.79 Å². The van der Waals surface area contributed by atoms with Crippen LogP contribution in [0.25, 0.3) is 0 Å². The van der Waals surface area contributed by atoms with Crippen LogP contribution in [0.1, 0.15) is 52.4 Å². The van der Waals surface area contributed by atoms with Crippen molar-refractivity contribution in [3.8, 4) is 12.3 Å². The molecular weight excluding hydrogens is 312 g/mol. The summed E-state index contributed by atoms with van der Waals surface area (Å²) in [5, 5.41) is 5.90. The summed E-state index contributed by atoms with van der Waals surface area (Å²) in [5.74, 6) is 3.46. The van der Waals surface area contributed by atoms with Crippen LogP contribution in [0.15, 0.2) is 48.4 Å². The van der Waals surface area contributed by atoms with Crippen LogP contribution in [-0.4, -0.2) is 18.2 Å². The highest BCUT2D eigenvalue weighted by molar-refractivity contribution is 5.76. The Balaban J connectivity index is 2.39. The Hall–Kier alpha value is -2.41. The number of allylic oxidation sites excluding steroid dienone is 6. The number of urea groups is 1. The smallest absolute Gasteiger partial charge is 0.319 e. The van der Waals surface area contributed by atoms with Crippen LogP contribution in [-0.2, 0) is 4.74 Å². The van der Waals surface area contributed by atoms with Crippen molar-refractivity contribution in [2.45, 2.75) is 64.5 Å². The molecule has 1 rings (SSSR count). The van der Waals surface area contributed by atoms with E-state index in [1.807, 2.05) is 32.1 Å².